The van der Waals surface area contributed by atoms with Gasteiger partial charge in [-0.2, -0.15) is 0 Å². The van der Waals surface area contributed by atoms with Crippen molar-refractivity contribution in [1.82, 2.24) is 14.2 Å². The van der Waals surface area contributed by atoms with E-state index in [1.807, 2.05) is 17.5 Å². The van der Waals surface area contributed by atoms with Crippen molar-refractivity contribution in [1.29, 1.82) is 0 Å². The second-order valence-electron chi connectivity index (χ2n) is 6.58. The van der Waals surface area contributed by atoms with Crippen LogP contribution in [0.2, 0.25) is 0 Å². The summed E-state index contributed by atoms with van der Waals surface area (Å²) in [5.41, 5.74) is 0.583. The highest BCUT2D eigenvalue weighted by atomic mass is 32.2. The largest absolute Gasteiger partial charge is 0.341 e. The van der Waals surface area contributed by atoms with Crippen LogP contribution in [0.1, 0.15) is 17.7 Å². The molecule has 4 rings (SSSR count). The number of fused-ring (bicyclic) bond motifs is 1. The third-order valence-corrected chi connectivity index (χ3v) is 7.94. The van der Waals surface area contributed by atoms with E-state index < -0.39 is 10.0 Å². The van der Waals surface area contributed by atoms with Crippen LogP contribution in [0.5, 0.6) is 0 Å². The molecule has 7 nitrogen and oxygen atoms in total. The number of amides is 1. The molecule has 0 bridgehead atoms. The van der Waals surface area contributed by atoms with Crippen molar-refractivity contribution in [3.63, 3.8) is 0 Å². The molecule has 0 atom stereocenters. The molecule has 3 heterocycles. The molecule has 1 aliphatic heterocycles. The fourth-order valence-electron chi connectivity index (χ4n) is 3.23. The topological polar surface area (TPSA) is 88.5 Å². The van der Waals surface area contributed by atoms with E-state index in [4.69, 9.17) is 0 Å². The molecule has 1 aromatic carbocycles. The SMILES string of the molecule is O=C(Cn1c(=O)sc2cc(S(=O)(=O)NCc3cccs3)ccc21)N1CCCC1. The Morgan fingerprint density at radius 3 is 2.68 bits per heavy atom. The zero-order valence-corrected chi connectivity index (χ0v) is 17.4. The molecule has 3 aromatic rings. The van der Waals surface area contributed by atoms with Crippen molar-refractivity contribution >= 4 is 48.8 Å². The summed E-state index contributed by atoms with van der Waals surface area (Å²) >= 11 is 2.43. The number of sulfonamides is 1. The molecule has 1 saturated heterocycles. The van der Waals surface area contributed by atoms with E-state index in [0.717, 1.165) is 42.1 Å². The van der Waals surface area contributed by atoms with Crippen LogP contribution in [-0.2, 0) is 27.9 Å². The van der Waals surface area contributed by atoms with E-state index >= 15 is 0 Å². The molecule has 10 heteroatoms. The molecular weight excluding hydrogens is 418 g/mol. The van der Waals surface area contributed by atoms with Gasteiger partial charge >= 0.3 is 4.87 Å². The van der Waals surface area contributed by atoms with E-state index in [2.05, 4.69) is 4.72 Å². The molecule has 1 N–H and O–H groups in total. The summed E-state index contributed by atoms with van der Waals surface area (Å²) in [6.45, 7) is 1.67. The predicted octanol–water partition coefficient (Wildman–Crippen LogP) is 2.23. The minimum Gasteiger partial charge on any atom is -0.341 e. The molecule has 148 valence electrons. The Labute approximate surface area is 170 Å². The third kappa shape index (κ3) is 3.90. The van der Waals surface area contributed by atoms with Gasteiger partial charge in [-0.1, -0.05) is 17.4 Å². The second-order valence-corrected chi connectivity index (χ2v) is 10.4. The first-order valence-electron chi connectivity index (χ1n) is 8.87. The number of hydrogen-bond donors (Lipinski definition) is 1. The maximum atomic E-state index is 12.6. The van der Waals surface area contributed by atoms with Crippen molar-refractivity contribution in [3.8, 4) is 0 Å². The Balaban J connectivity index is 1.57. The van der Waals surface area contributed by atoms with Crippen LogP contribution in [0.25, 0.3) is 10.2 Å². The standard InChI is InChI=1S/C18H19N3O4S3/c22-17(20-7-1-2-8-20)12-21-15-6-5-14(10-16(15)27-18(21)23)28(24,25)19-11-13-4-3-9-26-13/h3-6,9-10,19H,1-2,7-8,11-12H2. The first-order valence-corrected chi connectivity index (χ1v) is 12.1. The van der Waals surface area contributed by atoms with Crippen LogP contribution < -0.4 is 9.60 Å². The normalized spacial score (nSPS) is 14.8. The van der Waals surface area contributed by atoms with Gasteiger partial charge in [-0.15, -0.1) is 11.3 Å². The molecular formula is C18H19N3O4S3. The van der Waals surface area contributed by atoms with Crippen LogP contribution in [-0.4, -0.2) is 36.9 Å². The Hall–Kier alpha value is -2.01. The number of thiazole rings is 1. The molecule has 1 fully saturated rings. The van der Waals surface area contributed by atoms with Gasteiger partial charge in [-0.3, -0.25) is 14.2 Å². The van der Waals surface area contributed by atoms with E-state index in [1.165, 1.54) is 28.0 Å². The van der Waals surface area contributed by atoms with Crippen LogP contribution in [0.15, 0.2) is 45.4 Å². The third-order valence-electron chi connectivity index (χ3n) is 4.72. The number of nitrogens with zero attached hydrogens (tertiary/aromatic N) is 2. The lowest BCUT2D eigenvalue weighted by Gasteiger charge is -2.15. The van der Waals surface area contributed by atoms with Crippen LogP contribution in [0.4, 0.5) is 0 Å². The molecule has 0 aliphatic carbocycles. The van der Waals surface area contributed by atoms with Gasteiger partial charge in [0.05, 0.1) is 15.1 Å². The van der Waals surface area contributed by atoms with Crippen LogP contribution >= 0.6 is 22.7 Å². The van der Waals surface area contributed by atoms with Crippen molar-refractivity contribution in [2.24, 2.45) is 0 Å². The smallest absolute Gasteiger partial charge is 0.308 e. The summed E-state index contributed by atoms with van der Waals surface area (Å²) in [4.78, 5) is 27.3. The summed E-state index contributed by atoms with van der Waals surface area (Å²) in [5, 5.41) is 1.89. The zero-order valence-electron chi connectivity index (χ0n) is 15.0. The minimum absolute atomic E-state index is 0.0123. The summed E-state index contributed by atoms with van der Waals surface area (Å²) < 4.78 is 29.7. The van der Waals surface area contributed by atoms with Gasteiger partial charge in [0, 0.05) is 24.5 Å². The lowest BCUT2D eigenvalue weighted by molar-refractivity contribution is -0.130. The van der Waals surface area contributed by atoms with Crippen molar-refractivity contribution in [2.45, 2.75) is 30.8 Å². The molecule has 1 amide bonds. The number of carbonyl (C=O) groups excluding carboxylic acids is 1. The summed E-state index contributed by atoms with van der Waals surface area (Å²) in [7, 11) is -3.69. The number of thiophene rings is 1. The Kier molecular flexibility index (Phi) is 5.37. The first kappa shape index (κ1) is 19.3. The van der Waals surface area contributed by atoms with Gasteiger partial charge < -0.3 is 4.90 Å². The number of carbonyl (C=O) groups is 1. The van der Waals surface area contributed by atoms with E-state index in [9.17, 15) is 18.0 Å². The number of aromatic nitrogens is 1. The second kappa shape index (κ2) is 7.78. The van der Waals surface area contributed by atoms with Gasteiger partial charge in [0.15, 0.2) is 0 Å². The summed E-state index contributed by atoms with van der Waals surface area (Å²) in [6, 6.07) is 8.30. The molecule has 28 heavy (non-hydrogen) atoms. The molecule has 2 aromatic heterocycles. The Bertz CT molecular complexity index is 1160. The molecule has 0 unspecified atom stereocenters. The van der Waals surface area contributed by atoms with E-state index in [-0.39, 0.29) is 28.8 Å². The van der Waals surface area contributed by atoms with Gasteiger partial charge in [-0.25, -0.2) is 13.1 Å². The number of hydrogen-bond acceptors (Lipinski definition) is 6. The Morgan fingerprint density at radius 2 is 1.96 bits per heavy atom. The molecule has 0 spiro atoms. The average molecular weight is 438 g/mol. The quantitative estimate of drug-likeness (QED) is 0.641. The molecule has 0 saturated carbocycles. The van der Waals surface area contributed by atoms with E-state index in [0.29, 0.717) is 10.2 Å². The fraction of sp³-hybridized carbons (Fsp3) is 0.333. The molecule has 1 aliphatic rings. The maximum absolute atomic E-state index is 12.6. The van der Waals surface area contributed by atoms with Gasteiger partial charge in [0.2, 0.25) is 15.9 Å². The molecule has 0 radical (unpaired) electrons. The lowest BCUT2D eigenvalue weighted by atomic mass is 10.3. The number of likely N-dealkylation sites (tertiary alicyclic amines) is 1. The number of nitrogens with one attached hydrogen (secondary N) is 1. The number of rotatable bonds is 6. The fourth-order valence-corrected chi connectivity index (χ4v) is 6.00. The first-order chi connectivity index (χ1) is 13.4. The van der Waals surface area contributed by atoms with Gasteiger partial charge in [-0.05, 0) is 42.5 Å². The van der Waals surface area contributed by atoms with Crippen LogP contribution in [0, 0.1) is 0 Å². The minimum atomic E-state index is -3.69. The average Bonchev–Trinajstić information content (AvgIpc) is 3.42. The summed E-state index contributed by atoms with van der Waals surface area (Å²) in [6.07, 6.45) is 1.98. The van der Waals surface area contributed by atoms with Crippen molar-refractivity contribution in [3.05, 3.63) is 50.3 Å². The van der Waals surface area contributed by atoms with Crippen molar-refractivity contribution in [2.75, 3.05) is 13.1 Å². The summed E-state index contributed by atoms with van der Waals surface area (Å²) in [5.74, 6) is -0.0754. The number of benzene rings is 1. The monoisotopic (exact) mass is 437 g/mol. The Morgan fingerprint density at radius 1 is 1.18 bits per heavy atom. The highest BCUT2D eigenvalue weighted by Gasteiger charge is 2.21. The highest BCUT2D eigenvalue weighted by molar-refractivity contribution is 7.89. The van der Waals surface area contributed by atoms with Gasteiger partial charge in [0.1, 0.15) is 6.54 Å². The van der Waals surface area contributed by atoms with Gasteiger partial charge in [0.25, 0.3) is 0 Å². The highest BCUT2D eigenvalue weighted by Crippen LogP contribution is 2.22. The predicted molar refractivity (Wildman–Crippen MR) is 110 cm³/mol. The zero-order chi connectivity index (χ0) is 19.7. The van der Waals surface area contributed by atoms with Crippen LogP contribution in [0.3, 0.4) is 0 Å². The van der Waals surface area contributed by atoms with Crippen molar-refractivity contribution < 1.29 is 13.2 Å². The van der Waals surface area contributed by atoms with E-state index in [1.54, 1.807) is 11.0 Å². The lowest BCUT2D eigenvalue weighted by Crippen LogP contribution is -2.33. The maximum Gasteiger partial charge on any atom is 0.308 e.